The normalized spacial score (nSPS) is 41.3. The van der Waals surface area contributed by atoms with Crippen LogP contribution in [0.4, 0.5) is 0 Å². The van der Waals surface area contributed by atoms with Gasteiger partial charge in [-0.2, -0.15) is 0 Å². The number of carbonyl (C=O) groups excluding carboxylic acids is 3. The van der Waals surface area contributed by atoms with Crippen LogP contribution in [0.3, 0.4) is 0 Å². The van der Waals surface area contributed by atoms with Gasteiger partial charge in [-0.3, -0.25) is 4.79 Å². The van der Waals surface area contributed by atoms with Gasteiger partial charge in [-0.05, 0) is 26.8 Å². The van der Waals surface area contributed by atoms with Gasteiger partial charge >= 0.3 is 11.9 Å². The number of carbonyl (C=O) groups is 3. The number of ketones is 1. The standard InChI is InChI=1S/C20H22O6/c1-5-9(2)18(22)25-13-7-20(8-24-20)16-12(21)6-10(3)14(16)17-15(13)11(4)19(23)26-17/h5-6,13-17H,4,7-8H2,1-3H3/b9-5-/t13-,14+,15-,16-,17+,20+/m1/s1. The molecule has 3 fully saturated rings. The third kappa shape index (κ3) is 2.31. The van der Waals surface area contributed by atoms with Crippen LogP contribution >= 0.6 is 0 Å². The first-order valence-electron chi connectivity index (χ1n) is 8.89. The largest absolute Gasteiger partial charge is 0.458 e. The molecule has 2 saturated heterocycles. The summed E-state index contributed by atoms with van der Waals surface area (Å²) in [7, 11) is 0. The first kappa shape index (κ1) is 17.2. The fourth-order valence-corrected chi connectivity index (χ4v) is 4.67. The first-order chi connectivity index (χ1) is 12.3. The average Bonchev–Trinajstić information content (AvgIpc) is 3.23. The Labute approximate surface area is 151 Å². The van der Waals surface area contributed by atoms with Crippen LogP contribution in [0.25, 0.3) is 0 Å². The maximum Gasteiger partial charge on any atom is 0.334 e. The summed E-state index contributed by atoms with van der Waals surface area (Å²) >= 11 is 0. The Balaban J connectivity index is 1.75. The minimum absolute atomic E-state index is 0.00563. The van der Waals surface area contributed by atoms with Crippen molar-refractivity contribution in [1.29, 1.82) is 0 Å². The molecule has 2 heterocycles. The maximum absolute atomic E-state index is 12.6. The van der Waals surface area contributed by atoms with E-state index in [9.17, 15) is 14.4 Å². The van der Waals surface area contributed by atoms with Gasteiger partial charge in [0.2, 0.25) is 0 Å². The van der Waals surface area contributed by atoms with Crippen molar-refractivity contribution in [3.63, 3.8) is 0 Å². The van der Waals surface area contributed by atoms with E-state index in [1.807, 2.05) is 6.92 Å². The van der Waals surface area contributed by atoms with Crippen LogP contribution in [0.5, 0.6) is 0 Å². The number of hydrogen-bond acceptors (Lipinski definition) is 6. The quantitative estimate of drug-likeness (QED) is 0.426. The molecule has 2 aliphatic heterocycles. The van der Waals surface area contributed by atoms with E-state index in [0.29, 0.717) is 24.2 Å². The van der Waals surface area contributed by atoms with Crippen LogP contribution in [-0.2, 0) is 28.6 Å². The third-order valence-corrected chi connectivity index (χ3v) is 6.22. The van der Waals surface area contributed by atoms with E-state index < -0.39 is 41.6 Å². The van der Waals surface area contributed by atoms with Gasteiger partial charge in [0.1, 0.15) is 17.8 Å². The van der Waals surface area contributed by atoms with Crippen LogP contribution in [0.15, 0.2) is 35.5 Å². The van der Waals surface area contributed by atoms with Crippen molar-refractivity contribution in [3.05, 3.63) is 35.5 Å². The van der Waals surface area contributed by atoms with Crippen molar-refractivity contribution in [2.24, 2.45) is 17.8 Å². The monoisotopic (exact) mass is 358 g/mol. The minimum Gasteiger partial charge on any atom is -0.458 e. The molecule has 0 N–H and O–H groups in total. The van der Waals surface area contributed by atoms with E-state index in [-0.39, 0.29) is 11.7 Å². The Morgan fingerprint density at radius 3 is 2.69 bits per heavy atom. The summed E-state index contributed by atoms with van der Waals surface area (Å²) in [5.74, 6) is -2.06. The molecule has 1 saturated carbocycles. The highest BCUT2D eigenvalue weighted by molar-refractivity contribution is 5.98. The molecule has 26 heavy (non-hydrogen) atoms. The summed E-state index contributed by atoms with van der Waals surface area (Å²) in [4.78, 5) is 37.2. The van der Waals surface area contributed by atoms with Crippen molar-refractivity contribution in [2.45, 2.75) is 45.0 Å². The Kier molecular flexibility index (Phi) is 3.74. The average molecular weight is 358 g/mol. The van der Waals surface area contributed by atoms with Gasteiger partial charge in [0.25, 0.3) is 0 Å². The number of esters is 2. The van der Waals surface area contributed by atoms with Crippen molar-refractivity contribution >= 4 is 17.7 Å². The molecule has 4 rings (SSSR count). The van der Waals surface area contributed by atoms with Gasteiger partial charge in [-0.1, -0.05) is 18.2 Å². The van der Waals surface area contributed by atoms with E-state index in [4.69, 9.17) is 14.2 Å². The van der Waals surface area contributed by atoms with Crippen molar-refractivity contribution in [2.75, 3.05) is 6.61 Å². The lowest BCUT2D eigenvalue weighted by Gasteiger charge is -2.28. The highest BCUT2D eigenvalue weighted by Gasteiger charge is 2.67. The molecule has 6 heteroatoms. The predicted molar refractivity (Wildman–Crippen MR) is 90.9 cm³/mol. The lowest BCUT2D eigenvalue weighted by atomic mass is 9.77. The molecular formula is C20H22O6. The molecule has 0 amide bonds. The molecule has 0 aromatic heterocycles. The summed E-state index contributed by atoms with van der Waals surface area (Å²) in [5.41, 5.74) is 1.01. The molecule has 0 unspecified atom stereocenters. The SMILES string of the molecule is C=C1C(=O)O[C@H]2[C@H]3C(C)=CC(=O)[C@H]3[C@@]3(CO3)C[C@@H](OC(=O)/C(C)=C\C)[C@@H]12. The zero-order chi connectivity index (χ0) is 18.8. The topological polar surface area (TPSA) is 82.2 Å². The van der Waals surface area contributed by atoms with E-state index in [1.165, 1.54) is 0 Å². The Morgan fingerprint density at radius 1 is 1.38 bits per heavy atom. The molecule has 0 bridgehead atoms. The van der Waals surface area contributed by atoms with Gasteiger partial charge in [0.15, 0.2) is 5.78 Å². The number of ether oxygens (including phenoxy) is 3. The van der Waals surface area contributed by atoms with Crippen LogP contribution in [0, 0.1) is 17.8 Å². The predicted octanol–water partition coefficient (Wildman–Crippen LogP) is 1.90. The van der Waals surface area contributed by atoms with Gasteiger partial charge in [-0.25, -0.2) is 9.59 Å². The summed E-state index contributed by atoms with van der Waals surface area (Å²) in [6.45, 7) is 9.64. The zero-order valence-corrected chi connectivity index (χ0v) is 15.1. The van der Waals surface area contributed by atoms with Crippen LogP contribution in [0.2, 0.25) is 0 Å². The van der Waals surface area contributed by atoms with Crippen LogP contribution in [0.1, 0.15) is 27.2 Å². The molecule has 2 aliphatic carbocycles. The van der Waals surface area contributed by atoms with E-state index in [1.54, 1.807) is 26.0 Å². The number of rotatable bonds is 2. The van der Waals surface area contributed by atoms with Gasteiger partial charge < -0.3 is 14.2 Å². The second kappa shape index (κ2) is 5.64. The number of hydrogen-bond donors (Lipinski definition) is 0. The van der Waals surface area contributed by atoms with E-state index in [0.717, 1.165) is 5.57 Å². The number of epoxide rings is 1. The molecule has 0 aromatic carbocycles. The number of allylic oxidation sites excluding steroid dienone is 2. The van der Waals surface area contributed by atoms with Gasteiger partial charge in [-0.15, -0.1) is 0 Å². The van der Waals surface area contributed by atoms with Crippen molar-refractivity contribution in [1.82, 2.24) is 0 Å². The zero-order valence-electron chi connectivity index (χ0n) is 15.1. The lowest BCUT2D eigenvalue weighted by Crippen LogP contribution is -2.37. The Hall–Kier alpha value is -2.21. The van der Waals surface area contributed by atoms with Crippen molar-refractivity contribution < 1.29 is 28.6 Å². The molecular weight excluding hydrogens is 336 g/mol. The summed E-state index contributed by atoms with van der Waals surface area (Å²) in [6.07, 6.45) is 2.49. The molecule has 0 radical (unpaired) electrons. The highest BCUT2D eigenvalue weighted by atomic mass is 16.6. The minimum atomic E-state index is -0.651. The van der Waals surface area contributed by atoms with E-state index in [2.05, 4.69) is 6.58 Å². The molecule has 4 aliphatic rings. The Bertz CT molecular complexity index is 784. The third-order valence-electron chi connectivity index (χ3n) is 6.22. The lowest BCUT2D eigenvalue weighted by molar-refractivity contribution is -0.148. The molecule has 0 aromatic rings. The second-order valence-corrected chi connectivity index (χ2v) is 7.69. The molecule has 6 nitrogen and oxygen atoms in total. The fourth-order valence-electron chi connectivity index (χ4n) is 4.67. The number of fused-ring (bicyclic) bond motifs is 4. The van der Waals surface area contributed by atoms with Crippen LogP contribution in [-0.4, -0.2) is 42.1 Å². The smallest absolute Gasteiger partial charge is 0.334 e. The summed E-state index contributed by atoms with van der Waals surface area (Å²) < 4.78 is 17.1. The summed E-state index contributed by atoms with van der Waals surface area (Å²) in [6, 6.07) is 0. The Morgan fingerprint density at radius 2 is 2.08 bits per heavy atom. The molecule has 6 atom stereocenters. The molecule has 1 spiro atoms. The van der Waals surface area contributed by atoms with Crippen molar-refractivity contribution in [3.8, 4) is 0 Å². The maximum atomic E-state index is 12.6. The molecule has 138 valence electrons. The first-order valence-corrected chi connectivity index (χ1v) is 8.89. The van der Waals surface area contributed by atoms with Crippen LogP contribution < -0.4 is 0 Å². The fraction of sp³-hybridized carbons (Fsp3) is 0.550. The second-order valence-electron chi connectivity index (χ2n) is 7.69. The summed E-state index contributed by atoms with van der Waals surface area (Å²) in [5, 5.41) is 0. The van der Waals surface area contributed by atoms with Gasteiger partial charge in [0, 0.05) is 23.5 Å². The van der Waals surface area contributed by atoms with E-state index >= 15 is 0 Å². The van der Waals surface area contributed by atoms with Gasteiger partial charge in [0.05, 0.1) is 18.4 Å². The highest BCUT2D eigenvalue weighted by Crippen LogP contribution is 2.57.